The van der Waals surface area contributed by atoms with Crippen molar-refractivity contribution in [3.05, 3.63) is 22.7 Å². The second kappa shape index (κ2) is 5.91. The number of hydrogen-bond donors (Lipinski definition) is 2. The van der Waals surface area contributed by atoms with Crippen LogP contribution in [-0.2, 0) is 10.0 Å². The topological polar surface area (TPSA) is 72.2 Å². The summed E-state index contributed by atoms with van der Waals surface area (Å²) in [5.41, 5.74) is 6.66. The summed E-state index contributed by atoms with van der Waals surface area (Å²) >= 11 is 7.80. The molecule has 1 aliphatic heterocycles. The summed E-state index contributed by atoms with van der Waals surface area (Å²) < 4.78 is 27.0. The van der Waals surface area contributed by atoms with E-state index in [1.54, 1.807) is 13.0 Å². The molecule has 2 rings (SSSR count). The quantitative estimate of drug-likeness (QED) is 0.835. The van der Waals surface area contributed by atoms with Gasteiger partial charge in [-0.3, -0.25) is 0 Å². The number of benzene rings is 1. The van der Waals surface area contributed by atoms with Crippen LogP contribution >= 0.6 is 23.4 Å². The van der Waals surface area contributed by atoms with Gasteiger partial charge in [-0.1, -0.05) is 11.6 Å². The molecule has 0 spiro atoms. The Morgan fingerprint density at radius 2 is 2.26 bits per heavy atom. The predicted molar refractivity (Wildman–Crippen MR) is 81.2 cm³/mol. The Labute approximate surface area is 123 Å². The molecule has 7 heteroatoms. The van der Waals surface area contributed by atoms with Crippen molar-refractivity contribution >= 4 is 39.1 Å². The number of nitrogens with one attached hydrogen (secondary N) is 1. The van der Waals surface area contributed by atoms with E-state index in [-0.39, 0.29) is 4.90 Å². The molecule has 0 bridgehead atoms. The average molecular weight is 321 g/mol. The van der Waals surface area contributed by atoms with Crippen molar-refractivity contribution in [2.24, 2.45) is 5.92 Å². The minimum atomic E-state index is -3.51. The molecule has 3 N–H and O–H groups in total. The number of hydrogen-bond acceptors (Lipinski definition) is 4. The summed E-state index contributed by atoms with van der Waals surface area (Å²) in [5, 5.41) is 0.408. The smallest absolute Gasteiger partial charge is 0.240 e. The lowest BCUT2D eigenvalue weighted by Gasteiger charge is -2.12. The van der Waals surface area contributed by atoms with E-state index in [4.69, 9.17) is 17.3 Å². The van der Waals surface area contributed by atoms with Gasteiger partial charge in [-0.15, -0.1) is 0 Å². The fourth-order valence-corrected chi connectivity index (χ4v) is 4.60. The molecule has 0 aliphatic carbocycles. The third-order valence-electron chi connectivity index (χ3n) is 3.15. The van der Waals surface area contributed by atoms with Crippen molar-refractivity contribution in [1.82, 2.24) is 4.72 Å². The van der Waals surface area contributed by atoms with Crippen molar-refractivity contribution in [3.8, 4) is 0 Å². The summed E-state index contributed by atoms with van der Waals surface area (Å²) in [6.07, 6.45) is 1.06. The van der Waals surface area contributed by atoms with Gasteiger partial charge in [0.2, 0.25) is 10.0 Å². The van der Waals surface area contributed by atoms with Gasteiger partial charge in [-0.05, 0) is 48.5 Å². The van der Waals surface area contributed by atoms with Gasteiger partial charge in [0.1, 0.15) is 0 Å². The lowest BCUT2D eigenvalue weighted by molar-refractivity contribution is 0.546. The van der Waals surface area contributed by atoms with Crippen LogP contribution in [-0.4, -0.2) is 26.5 Å². The van der Waals surface area contributed by atoms with E-state index < -0.39 is 10.0 Å². The summed E-state index contributed by atoms with van der Waals surface area (Å²) in [6, 6.07) is 2.95. The SMILES string of the molecule is Cc1cc(S(=O)(=O)NCC2CCSC2)cc(N)c1Cl. The minimum Gasteiger partial charge on any atom is -0.397 e. The zero-order valence-electron chi connectivity index (χ0n) is 10.6. The Morgan fingerprint density at radius 1 is 1.53 bits per heavy atom. The first kappa shape index (κ1) is 15.0. The van der Waals surface area contributed by atoms with E-state index in [2.05, 4.69) is 4.72 Å². The van der Waals surface area contributed by atoms with Crippen LogP contribution in [0.4, 0.5) is 5.69 Å². The van der Waals surface area contributed by atoms with Crippen LogP contribution in [0.2, 0.25) is 5.02 Å². The largest absolute Gasteiger partial charge is 0.397 e. The fraction of sp³-hybridized carbons (Fsp3) is 0.500. The van der Waals surface area contributed by atoms with E-state index in [9.17, 15) is 8.42 Å². The van der Waals surface area contributed by atoms with Crippen LogP contribution in [0.1, 0.15) is 12.0 Å². The summed E-state index contributed by atoms with van der Waals surface area (Å²) in [4.78, 5) is 0.178. The minimum absolute atomic E-state index is 0.178. The highest BCUT2D eigenvalue weighted by Gasteiger charge is 2.21. The Hall–Kier alpha value is -0.430. The fourth-order valence-electron chi connectivity index (χ4n) is 1.97. The maximum absolute atomic E-state index is 12.2. The number of nitrogen functional groups attached to an aromatic ring is 1. The predicted octanol–water partition coefficient (Wildman–Crippen LogP) is 2.26. The molecule has 0 saturated carbocycles. The highest BCUT2D eigenvalue weighted by molar-refractivity contribution is 7.99. The van der Waals surface area contributed by atoms with Crippen LogP contribution in [0.5, 0.6) is 0 Å². The summed E-state index contributed by atoms with van der Waals surface area (Å²) in [5.74, 6) is 2.55. The van der Waals surface area contributed by atoms with E-state index >= 15 is 0 Å². The third kappa shape index (κ3) is 3.56. The lowest BCUT2D eigenvalue weighted by atomic mass is 10.1. The van der Waals surface area contributed by atoms with Crippen LogP contribution in [0.25, 0.3) is 0 Å². The second-order valence-electron chi connectivity index (χ2n) is 4.72. The average Bonchev–Trinajstić information content (AvgIpc) is 2.86. The van der Waals surface area contributed by atoms with Gasteiger partial charge < -0.3 is 5.73 Å². The maximum atomic E-state index is 12.2. The number of anilines is 1. The molecule has 4 nitrogen and oxygen atoms in total. The molecule has 0 amide bonds. The van der Waals surface area contributed by atoms with E-state index in [1.807, 2.05) is 11.8 Å². The Kier molecular flexibility index (Phi) is 4.66. The van der Waals surface area contributed by atoms with E-state index in [0.29, 0.717) is 28.7 Å². The van der Waals surface area contributed by atoms with E-state index in [0.717, 1.165) is 17.9 Å². The molecule has 1 aromatic carbocycles. The van der Waals surface area contributed by atoms with Crippen molar-refractivity contribution in [1.29, 1.82) is 0 Å². The molecule has 1 saturated heterocycles. The molecular weight excluding hydrogens is 304 g/mol. The van der Waals surface area contributed by atoms with Gasteiger partial charge in [0.15, 0.2) is 0 Å². The molecule has 1 fully saturated rings. The summed E-state index contributed by atoms with van der Waals surface area (Å²) in [6.45, 7) is 2.22. The summed E-state index contributed by atoms with van der Waals surface area (Å²) in [7, 11) is -3.51. The van der Waals surface area contributed by atoms with Gasteiger partial charge in [0.05, 0.1) is 15.6 Å². The molecule has 1 heterocycles. The van der Waals surface area contributed by atoms with Gasteiger partial charge in [0.25, 0.3) is 0 Å². The number of aryl methyl sites for hydroxylation is 1. The van der Waals surface area contributed by atoms with Crippen molar-refractivity contribution in [3.63, 3.8) is 0 Å². The molecule has 1 atom stereocenters. The number of halogens is 1. The molecule has 19 heavy (non-hydrogen) atoms. The molecule has 1 unspecified atom stereocenters. The maximum Gasteiger partial charge on any atom is 0.240 e. The molecule has 1 aliphatic rings. The first-order valence-corrected chi connectivity index (χ1v) is 9.05. The first-order valence-electron chi connectivity index (χ1n) is 6.03. The van der Waals surface area contributed by atoms with Crippen molar-refractivity contribution < 1.29 is 8.42 Å². The van der Waals surface area contributed by atoms with Crippen molar-refractivity contribution in [2.45, 2.75) is 18.2 Å². The number of rotatable bonds is 4. The van der Waals surface area contributed by atoms with Crippen molar-refractivity contribution in [2.75, 3.05) is 23.8 Å². The van der Waals surface area contributed by atoms with Gasteiger partial charge in [-0.2, -0.15) is 11.8 Å². The zero-order valence-corrected chi connectivity index (χ0v) is 13.0. The molecule has 0 radical (unpaired) electrons. The normalized spacial score (nSPS) is 19.8. The third-order valence-corrected chi connectivity index (χ3v) is 6.30. The molecule has 0 aromatic heterocycles. The Balaban J connectivity index is 2.14. The molecule has 1 aromatic rings. The van der Waals surface area contributed by atoms with Crippen LogP contribution in [0.15, 0.2) is 17.0 Å². The number of nitrogens with two attached hydrogens (primary N) is 1. The monoisotopic (exact) mass is 320 g/mol. The van der Waals surface area contributed by atoms with Crippen LogP contribution < -0.4 is 10.5 Å². The first-order chi connectivity index (χ1) is 8.90. The van der Waals surface area contributed by atoms with Gasteiger partial charge in [-0.25, -0.2) is 13.1 Å². The Morgan fingerprint density at radius 3 is 2.84 bits per heavy atom. The molecule has 106 valence electrons. The van der Waals surface area contributed by atoms with E-state index in [1.165, 1.54) is 6.07 Å². The lowest BCUT2D eigenvalue weighted by Crippen LogP contribution is -2.29. The van der Waals surface area contributed by atoms with Crippen LogP contribution in [0.3, 0.4) is 0 Å². The van der Waals surface area contributed by atoms with Gasteiger partial charge >= 0.3 is 0 Å². The zero-order chi connectivity index (χ0) is 14.0. The highest BCUT2D eigenvalue weighted by Crippen LogP contribution is 2.27. The standard InChI is InChI=1S/C12H17ClN2O2S2/c1-8-4-10(5-11(14)12(8)13)19(16,17)15-6-9-2-3-18-7-9/h4-5,9,15H,2-3,6-7,14H2,1H3. The second-order valence-corrected chi connectivity index (χ2v) is 8.02. The Bertz CT molecular complexity index is 546. The van der Waals surface area contributed by atoms with Crippen LogP contribution in [0, 0.1) is 12.8 Å². The van der Waals surface area contributed by atoms with Gasteiger partial charge in [0, 0.05) is 6.54 Å². The number of thioether (sulfide) groups is 1. The molecular formula is C12H17ClN2O2S2. The number of sulfonamides is 1. The highest BCUT2D eigenvalue weighted by atomic mass is 35.5.